The molecule has 0 saturated carbocycles. The average molecular weight is 398 g/mol. The van der Waals surface area contributed by atoms with E-state index in [1.807, 2.05) is 42.8 Å². The Morgan fingerprint density at radius 2 is 1.69 bits per heavy atom. The van der Waals surface area contributed by atoms with Crippen LogP contribution in [0.5, 0.6) is 0 Å². The number of anilines is 1. The van der Waals surface area contributed by atoms with E-state index in [0.717, 1.165) is 49.8 Å². The fraction of sp³-hybridized carbons (Fsp3) is 0.476. The van der Waals surface area contributed by atoms with E-state index >= 15 is 0 Å². The largest absolute Gasteiger partial charge is 0.332 e. The zero-order valence-electron chi connectivity index (χ0n) is 17.6. The van der Waals surface area contributed by atoms with Crippen LogP contribution in [-0.2, 0) is 20.6 Å². The maximum absolute atomic E-state index is 13.3. The summed E-state index contributed by atoms with van der Waals surface area (Å²) in [5, 5.41) is 0. The summed E-state index contributed by atoms with van der Waals surface area (Å²) in [4.78, 5) is 34.7. The Balaban J connectivity index is 1.78. The molecule has 0 amide bonds. The third-order valence-electron chi connectivity index (χ3n) is 6.05. The molecule has 0 radical (unpaired) electrons. The maximum atomic E-state index is 13.3. The van der Waals surface area contributed by atoms with Crippen molar-refractivity contribution < 1.29 is 4.90 Å². The van der Waals surface area contributed by atoms with Gasteiger partial charge >= 0.3 is 5.69 Å². The molecule has 0 spiro atoms. The van der Waals surface area contributed by atoms with Gasteiger partial charge < -0.3 is 14.4 Å². The first-order chi connectivity index (χ1) is 13.9. The summed E-state index contributed by atoms with van der Waals surface area (Å²) in [6, 6.07) is 7.89. The Hall–Kier alpha value is -2.87. The molecule has 4 rings (SSSR count). The van der Waals surface area contributed by atoms with Crippen LogP contribution >= 0.6 is 0 Å². The number of imidazole rings is 1. The highest BCUT2D eigenvalue weighted by Crippen LogP contribution is 2.18. The molecule has 1 aliphatic heterocycles. The number of fused-ring (bicyclic) bond motifs is 1. The molecule has 1 aliphatic rings. The number of aromatic nitrogens is 4. The Morgan fingerprint density at radius 1 is 1.03 bits per heavy atom. The molecule has 3 aromatic rings. The van der Waals surface area contributed by atoms with Crippen LogP contribution in [0.2, 0.25) is 0 Å². The Bertz CT molecular complexity index is 1150. The SMILES string of the molecule is CC[NH+]1CCN(c2nc3c(c(=O)n(Cc4ccc(C)cc4)c(=O)n3C)n2C)CC1. The van der Waals surface area contributed by atoms with Gasteiger partial charge in [-0.1, -0.05) is 29.8 Å². The summed E-state index contributed by atoms with van der Waals surface area (Å²) in [6.45, 7) is 9.48. The number of nitrogens with zero attached hydrogens (tertiary/aromatic N) is 5. The summed E-state index contributed by atoms with van der Waals surface area (Å²) in [6.07, 6.45) is 0. The minimum atomic E-state index is -0.340. The molecular weight excluding hydrogens is 368 g/mol. The van der Waals surface area contributed by atoms with E-state index in [2.05, 4.69) is 11.8 Å². The number of quaternary nitrogens is 1. The fourth-order valence-corrected chi connectivity index (χ4v) is 4.11. The molecule has 0 atom stereocenters. The molecule has 0 bridgehead atoms. The van der Waals surface area contributed by atoms with Gasteiger partial charge in [-0.25, -0.2) is 4.79 Å². The molecule has 3 heterocycles. The Morgan fingerprint density at radius 3 is 2.31 bits per heavy atom. The van der Waals surface area contributed by atoms with Crippen LogP contribution in [-0.4, -0.2) is 51.4 Å². The summed E-state index contributed by atoms with van der Waals surface area (Å²) >= 11 is 0. The van der Waals surface area contributed by atoms with Crippen LogP contribution in [0.4, 0.5) is 5.95 Å². The maximum Gasteiger partial charge on any atom is 0.332 e. The number of aryl methyl sites for hydroxylation is 3. The van der Waals surface area contributed by atoms with Crippen LogP contribution < -0.4 is 21.0 Å². The second-order valence-corrected chi connectivity index (χ2v) is 7.95. The lowest BCUT2D eigenvalue weighted by molar-refractivity contribution is -0.898. The van der Waals surface area contributed by atoms with Crippen molar-refractivity contribution in [2.45, 2.75) is 20.4 Å². The van der Waals surface area contributed by atoms with Crippen LogP contribution in [0, 0.1) is 6.92 Å². The first kappa shape index (κ1) is 19.4. The van der Waals surface area contributed by atoms with E-state index in [1.165, 1.54) is 9.13 Å². The van der Waals surface area contributed by atoms with Crippen LogP contribution in [0.15, 0.2) is 33.9 Å². The summed E-state index contributed by atoms with van der Waals surface area (Å²) in [5.74, 6) is 0.760. The third kappa shape index (κ3) is 3.37. The lowest BCUT2D eigenvalue weighted by atomic mass is 10.1. The van der Waals surface area contributed by atoms with Crippen LogP contribution in [0.3, 0.4) is 0 Å². The quantitative estimate of drug-likeness (QED) is 0.646. The van der Waals surface area contributed by atoms with Crippen molar-refractivity contribution in [2.75, 3.05) is 37.6 Å². The van der Waals surface area contributed by atoms with Crippen molar-refractivity contribution in [2.24, 2.45) is 14.1 Å². The van der Waals surface area contributed by atoms with E-state index < -0.39 is 0 Å². The van der Waals surface area contributed by atoms with Crippen molar-refractivity contribution in [3.8, 4) is 0 Å². The summed E-state index contributed by atoms with van der Waals surface area (Å²) < 4.78 is 4.64. The number of hydrogen-bond donors (Lipinski definition) is 1. The fourth-order valence-electron chi connectivity index (χ4n) is 4.11. The minimum absolute atomic E-state index is 0.251. The first-order valence-corrected chi connectivity index (χ1v) is 10.2. The molecule has 1 saturated heterocycles. The predicted molar refractivity (Wildman–Crippen MR) is 114 cm³/mol. The predicted octanol–water partition coefficient (Wildman–Crippen LogP) is -0.485. The average Bonchev–Trinajstić information content (AvgIpc) is 3.08. The first-order valence-electron chi connectivity index (χ1n) is 10.2. The zero-order chi connectivity index (χ0) is 20.7. The highest BCUT2D eigenvalue weighted by molar-refractivity contribution is 5.74. The van der Waals surface area contributed by atoms with E-state index in [1.54, 1.807) is 11.9 Å². The molecule has 1 fully saturated rings. The normalized spacial score (nSPS) is 15.4. The van der Waals surface area contributed by atoms with E-state index in [9.17, 15) is 9.59 Å². The minimum Gasteiger partial charge on any atom is -0.332 e. The smallest absolute Gasteiger partial charge is 0.332 e. The highest BCUT2D eigenvalue weighted by atomic mass is 16.2. The van der Waals surface area contributed by atoms with E-state index in [0.29, 0.717) is 11.2 Å². The second kappa shape index (κ2) is 7.51. The van der Waals surface area contributed by atoms with Gasteiger partial charge in [0.2, 0.25) is 5.95 Å². The lowest BCUT2D eigenvalue weighted by Gasteiger charge is -2.32. The standard InChI is InChI=1S/C21H28N6O2/c1-5-25-10-12-26(13-11-25)20-22-18-17(23(20)3)19(28)27(21(29)24(18)4)14-16-8-6-15(2)7-9-16/h6-9H,5,10-14H2,1-4H3/p+1. The highest BCUT2D eigenvalue weighted by Gasteiger charge is 2.25. The van der Waals surface area contributed by atoms with Gasteiger partial charge in [0, 0.05) is 14.1 Å². The van der Waals surface area contributed by atoms with Crippen molar-refractivity contribution in [1.29, 1.82) is 0 Å². The molecule has 8 heteroatoms. The molecule has 0 unspecified atom stereocenters. The molecule has 29 heavy (non-hydrogen) atoms. The molecule has 154 valence electrons. The molecular formula is C21H29N6O2+. The summed E-state index contributed by atoms with van der Waals surface area (Å²) in [5.41, 5.74) is 2.36. The number of hydrogen-bond acceptors (Lipinski definition) is 4. The van der Waals surface area contributed by atoms with Crippen molar-refractivity contribution in [1.82, 2.24) is 18.7 Å². The molecule has 1 aromatic carbocycles. The number of likely N-dealkylation sites (N-methyl/N-ethyl adjacent to an activating group) is 1. The van der Waals surface area contributed by atoms with Gasteiger partial charge in [0.1, 0.15) is 0 Å². The van der Waals surface area contributed by atoms with Gasteiger partial charge in [0.15, 0.2) is 11.2 Å². The Labute approximate surface area is 169 Å². The van der Waals surface area contributed by atoms with Crippen LogP contribution in [0.1, 0.15) is 18.1 Å². The van der Waals surface area contributed by atoms with Crippen molar-refractivity contribution in [3.05, 3.63) is 56.2 Å². The van der Waals surface area contributed by atoms with Crippen molar-refractivity contribution in [3.63, 3.8) is 0 Å². The topological polar surface area (TPSA) is 69.5 Å². The molecule has 1 N–H and O–H groups in total. The van der Waals surface area contributed by atoms with Crippen LogP contribution in [0.25, 0.3) is 11.2 Å². The monoisotopic (exact) mass is 397 g/mol. The summed E-state index contributed by atoms with van der Waals surface area (Å²) in [7, 11) is 3.55. The van der Waals surface area contributed by atoms with Gasteiger partial charge in [-0.15, -0.1) is 0 Å². The zero-order valence-corrected chi connectivity index (χ0v) is 17.6. The van der Waals surface area contributed by atoms with Gasteiger partial charge in [0.05, 0.1) is 39.3 Å². The van der Waals surface area contributed by atoms with Gasteiger partial charge in [0.25, 0.3) is 5.56 Å². The lowest BCUT2D eigenvalue weighted by Crippen LogP contribution is -3.14. The van der Waals surface area contributed by atoms with Gasteiger partial charge in [-0.2, -0.15) is 4.98 Å². The number of piperazine rings is 1. The van der Waals surface area contributed by atoms with Crippen molar-refractivity contribution >= 4 is 17.1 Å². The molecule has 8 nitrogen and oxygen atoms in total. The molecule has 0 aliphatic carbocycles. The second-order valence-electron chi connectivity index (χ2n) is 7.95. The van der Waals surface area contributed by atoms with E-state index in [-0.39, 0.29) is 17.8 Å². The molecule has 2 aromatic heterocycles. The number of nitrogens with one attached hydrogen (secondary N) is 1. The Kier molecular flexibility index (Phi) is 5.04. The third-order valence-corrected chi connectivity index (χ3v) is 6.05. The van der Waals surface area contributed by atoms with E-state index in [4.69, 9.17) is 4.98 Å². The number of benzene rings is 1. The van der Waals surface area contributed by atoms with Gasteiger partial charge in [-0.05, 0) is 19.4 Å². The number of rotatable bonds is 4. The van der Waals surface area contributed by atoms with Gasteiger partial charge in [-0.3, -0.25) is 13.9 Å².